The van der Waals surface area contributed by atoms with Crippen LogP contribution in [-0.4, -0.2) is 14.6 Å². The van der Waals surface area contributed by atoms with Crippen molar-refractivity contribution in [2.75, 3.05) is 0 Å². The molecule has 0 radical (unpaired) electrons. The molecule has 2 rings (SSSR count). The summed E-state index contributed by atoms with van der Waals surface area (Å²) >= 11 is 0. The van der Waals surface area contributed by atoms with Gasteiger partial charge in [-0.15, -0.1) is 0 Å². The van der Waals surface area contributed by atoms with Gasteiger partial charge in [0.25, 0.3) is 0 Å². The fraction of sp³-hybridized carbons (Fsp3) is 0.143. The van der Waals surface area contributed by atoms with Gasteiger partial charge in [-0.05, 0) is 18.6 Å². The summed E-state index contributed by atoms with van der Waals surface area (Å²) in [4.78, 5) is 11.0. The molecule has 0 saturated heterocycles. The molecule has 0 atom stereocenters. The largest absolute Gasteiger partial charge is 0.347 e. The molecule has 2 heterocycles. The smallest absolute Gasteiger partial charge is 0.250 e. The van der Waals surface area contributed by atoms with Crippen LogP contribution in [0.1, 0.15) is 5.56 Å². The minimum absolute atomic E-state index is 0.191. The zero-order chi connectivity index (χ0) is 7.84. The molecule has 0 aliphatic rings. The lowest BCUT2D eigenvalue weighted by Gasteiger charge is -1.91. The van der Waals surface area contributed by atoms with Crippen LogP contribution in [-0.2, 0) is 0 Å². The summed E-state index contributed by atoms with van der Waals surface area (Å²) in [6.07, 6.45) is 1.69. The zero-order valence-corrected chi connectivity index (χ0v) is 6.03. The zero-order valence-electron chi connectivity index (χ0n) is 6.03. The number of aryl methyl sites for hydroxylation is 1. The molecule has 56 valence electrons. The lowest BCUT2D eigenvalue weighted by Crippen LogP contribution is -2.08. The Morgan fingerprint density at radius 2 is 2.45 bits per heavy atom. The molecule has 1 N–H and O–H groups in total. The van der Waals surface area contributed by atoms with Crippen molar-refractivity contribution < 1.29 is 0 Å². The van der Waals surface area contributed by atoms with Crippen molar-refractivity contribution >= 4 is 5.65 Å². The molecule has 0 saturated carbocycles. The number of pyridine rings is 1. The van der Waals surface area contributed by atoms with Crippen LogP contribution in [0.2, 0.25) is 0 Å². The standard InChI is InChI=1S/C7H7N3O/c1-5-3-2-4-10-6(5)8-9-7(10)11/h2-4H,1H3,(H,9,11). The molecular formula is C7H7N3O. The molecule has 0 spiro atoms. The Labute approximate surface area is 62.5 Å². The van der Waals surface area contributed by atoms with Gasteiger partial charge in [-0.2, -0.15) is 5.10 Å². The molecule has 4 heteroatoms. The van der Waals surface area contributed by atoms with E-state index in [0.29, 0.717) is 5.65 Å². The molecule has 0 bridgehead atoms. The Morgan fingerprint density at radius 3 is 3.18 bits per heavy atom. The first kappa shape index (κ1) is 6.15. The number of hydrogen-bond donors (Lipinski definition) is 1. The molecule has 11 heavy (non-hydrogen) atoms. The van der Waals surface area contributed by atoms with Crippen molar-refractivity contribution in [3.05, 3.63) is 34.4 Å². The second-order valence-corrected chi connectivity index (χ2v) is 2.41. The summed E-state index contributed by atoms with van der Waals surface area (Å²) in [7, 11) is 0. The molecule has 2 aromatic rings. The first-order chi connectivity index (χ1) is 5.29. The van der Waals surface area contributed by atoms with E-state index in [2.05, 4.69) is 10.2 Å². The highest BCUT2D eigenvalue weighted by molar-refractivity contribution is 5.44. The maximum Gasteiger partial charge on any atom is 0.347 e. The van der Waals surface area contributed by atoms with Gasteiger partial charge in [0, 0.05) is 6.20 Å². The van der Waals surface area contributed by atoms with Gasteiger partial charge in [-0.25, -0.2) is 9.89 Å². The number of aromatic amines is 1. The van der Waals surface area contributed by atoms with Crippen LogP contribution in [0.3, 0.4) is 0 Å². The molecule has 0 unspecified atom stereocenters. The highest BCUT2D eigenvalue weighted by Gasteiger charge is 1.99. The lowest BCUT2D eigenvalue weighted by atomic mass is 10.3. The maximum absolute atomic E-state index is 11.0. The Hall–Kier alpha value is -1.58. The van der Waals surface area contributed by atoms with E-state index >= 15 is 0 Å². The Kier molecular flexibility index (Phi) is 1.09. The van der Waals surface area contributed by atoms with E-state index in [4.69, 9.17) is 0 Å². The van der Waals surface area contributed by atoms with Gasteiger partial charge < -0.3 is 0 Å². The average molecular weight is 149 g/mol. The van der Waals surface area contributed by atoms with Gasteiger partial charge in [0.1, 0.15) is 0 Å². The van der Waals surface area contributed by atoms with Gasteiger partial charge in [-0.3, -0.25) is 4.40 Å². The monoisotopic (exact) mass is 149 g/mol. The highest BCUT2D eigenvalue weighted by Crippen LogP contribution is 2.01. The fourth-order valence-electron chi connectivity index (χ4n) is 1.07. The SMILES string of the molecule is Cc1cccn2c(=O)[nH]nc12. The van der Waals surface area contributed by atoms with Gasteiger partial charge in [0.05, 0.1) is 0 Å². The first-order valence-corrected chi connectivity index (χ1v) is 3.31. The third kappa shape index (κ3) is 0.756. The summed E-state index contributed by atoms with van der Waals surface area (Å²) in [6, 6.07) is 3.73. The van der Waals surface area contributed by atoms with Gasteiger partial charge in [-0.1, -0.05) is 6.07 Å². The number of fused-ring (bicyclic) bond motifs is 1. The predicted molar refractivity (Wildman–Crippen MR) is 40.5 cm³/mol. The van der Waals surface area contributed by atoms with E-state index in [-0.39, 0.29) is 5.69 Å². The second-order valence-electron chi connectivity index (χ2n) is 2.41. The van der Waals surface area contributed by atoms with Gasteiger partial charge >= 0.3 is 5.69 Å². The van der Waals surface area contributed by atoms with Gasteiger partial charge in [0.2, 0.25) is 0 Å². The van der Waals surface area contributed by atoms with Crippen LogP contribution in [0, 0.1) is 6.92 Å². The van der Waals surface area contributed by atoms with Crippen LogP contribution in [0.25, 0.3) is 5.65 Å². The Balaban J connectivity index is 3.06. The fourth-order valence-corrected chi connectivity index (χ4v) is 1.07. The van der Waals surface area contributed by atoms with Gasteiger partial charge in [0.15, 0.2) is 5.65 Å². The van der Waals surface area contributed by atoms with E-state index in [1.807, 2.05) is 19.1 Å². The van der Waals surface area contributed by atoms with Crippen LogP contribution in [0.15, 0.2) is 23.1 Å². The number of rotatable bonds is 0. The van der Waals surface area contributed by atoms with Crippen molar-refractivity contribution in [3.8, 4) is 0 Å². The number of hydrogen-bond acceptors (Lipinski definition) is 2. The molecule has 2 aromatic heterocycles. The molecule has 4 nitrogen and oxygen atoms in total. The van der Waals surface area contributed by atoms with Crippen LogP contribution >= 0.6 is 0 Å². The highest BCUT2D eigenvalue weighted by atomic mass is 16.1. The quantitative estimate of drug-likeness (QED) is 0.586. The number of nitrogens with zero attached hydrogens (tertiary/aromatic N) is 2. The van der Waals surface area contributed by atoms with E-state index in [1.165, 1.54) is 4.40 Å². The second kappa shape index (κ2) is 1.95. The summed E-state index contributed by atoms with van der Waals surface area (Å²) in [6.45, 7) is 1.91. The number of nitrogens with one attached hydrogen (secondary N) is 1. The van der Waals surface area contributed by atoms with E-state index in [0.717, 1.165) is 5.56 Å². The van der Waals surface area contributed by atoms with E-state index < -0.39 is 0 Å². The van der Waals surface area contributed by atoms with Crippen LogP contribution < -0.4 is 5.69 Å². The number of H-pyrrole nitrogens is 1. The minimum Gasteiger partial charge on any atom is -0.250 e. The van der Waals surface area contributed by atoms with E-state index in [1.54, 1.807) is 6.20 Å². The molecule has 0 amide bonds. The lowest BCUT2D eigenvalue weighted by molar-refractivity contribution is 1.02. The minimum atomic E-state index is -0.191. The average Bonchev–Trinajstić information content (AvgIpc) is 2.35. The van der Waals surface area contributed by atoms with Crippen molar-refractivity contribution in [3.63, 3.8) is 0 Å². The van der Waals surface area contributed by atoms with E-state index in [9.17, 15) is 4.79 Å². The topological polar surface area (TPSA) is 50.2 Å². The summed E-state index contributed by atoms with van der Waals surface area (Å²) in [5.74, 6) is 0. The van der Waals surface area contributed by atoms with Crippen molar-refractivity contribution in [2.45, 2.75) is 6.92 Å². The predicted octanol–water partition coefficient (Wildman–Crippen LogP) is 0.331. The summed E-state index contributed by atoms with van der Waals surface area (Å²) in [5, 5.41) is 6.22. The van der Waals surface area contributed by atoms with Crippen LogP contribution in [0.4, 0.5) is 0 Å². The van der Waals surface area contributed by atoms with Crippen molar-refractivity contribution in [1.82, 2.24) is 14.6 Å². The maximum atomic E-state index is 11.0. The third-order valence-electron chi connectivity index (χ3n) is 1.64. The normalized spacial score (nSPS) is 10.6. The Bertz CT molecular complexity index is 440. The number of aromatic nitrogens is 3. The molecular weight excluding hydrogens is 142 g/mol. The molecule has 0 aromatic carbocycles. The third-order valence-corrected chi connectivity index (χ3v) is 1.64. The van der Waals surface area contributed by atoms with Crippen molar-refractivity contribution in [1.29, 1.82) is 0 Å². The summed E-state index contributed by atoms with van der Waals surface area (Å²) in [5.41, 5.74) is 1.49. The molecule has 0 fully saturated rings. The molecule has 0 aliphatic heterocycles. The molecule has 0 aliphatic carbocycles. The van der Waals surface area contributed by atoms with Crippen molar-refractivity contribution in [2.24, 2.45) is 0 Å². The summed E-state index contributed by atoms with van der Waals surface area (Å²) < 4.78 is 1.48. The first-order valence-electron chi connectivity index (χ1n) is 3.31. The van der Waals surface area contributed by atoms with Crippen LogP contribution in [0.5, 0.6) is 0 Å². The Morgan fingerprint density at radius 1 is 1.64 bits per heavy atom.